The van der Waals surface area contributed by atoms with Crippen LogP contribution in [-0.4, -0.2) is 28.1 Å². The minimum atomic E-state index is 0.827. The number of ether oxygens (including phenoxy) is 1. The van der Waals surface area contributed by atoms with Gasteiger partial charge in [0.25, 0.3) is 0 Å². The van der Waals surface area contributed by atoms with Gasteiger partial charge in [-0.15, -0.1) is 10.2 Å². The molecule has 5 heteroatoms. The van der Waals surface area contributed by atoms with Gasteiger partial charge in [-0.05, 0) is 42.7 Å². The molecule has 0 N–H and O–H groups in total. The fourth-order valence-corrected chi connectivity index (χ4v) is 2.64. The number of thioether (sulfide) groups is 1. The average molecular weight is 297 g/mol. The van der Waals surface area contributed by atoms with Gasteiger partial charge in [0.05, 0.1) is 7.11 Å². The summed E-state index contributed by atoms with van der Waals surface area (Å²) in [6.45, 7) is 0. The number of aromatic nitrogens is 3. The molecule has 0 aliphatic rings. The highest BCUT2D eigenvalue weighted by Gasteiger charge is 2.14. The zero-order valence-corrected chi connectivity index (χ0v) is 12.7. The maximum atomic E-state index is 5.20. The molecule has 0 fully saturated rings. The van der Waals surface area contributed by atoms with Gasteiger partial charge in [0.2, 0.25) is 0 Å². The minimum absolute atomic E-state index is 0.827. The van der Waals surface area contributed by atoms with Crippen molar-refractivity contribution in [2.24, 2.45) is 0 Å². The molecular formula is C16H15N3OS. The lowest BCUT2D eigenvalue weighted by molar-refractivity contribution is 0.415. The number of methoxy groups -OCH3 is 1. The van der Waals surface area contributed by atoms with Crippen molar-refractivity contribution < 1.29 is 4.74 Å². The molecule has 2 aromatic carbocycles. The summed E-state index contributed by atoms with van der Waals surface area (Å²) in [5, 5.41) is 9.48. The standard InChI is InChI=1S/C16H15N3OS/c1-20-14-10-8-12(9-11-14)15-17-18-16(21-2)19(15)13-6-4-3-5-7-13/h3-11H,1-2H3. The van der Waals surface area contributed by atoms with E-state index in [1.54, 1.807) is 18.9 Å². The summed E-state index contributed by atoms with van der Waals surface area (Å²) in [6, 6.07) is 18.0. The predicted octanol–water partition coefficient (Wildman–Crippen LogP) is 3.66. The third kappa shape index (κ3) is 2.64. The number of hydrogen-bond donors (Lipinski definition) is 0. The average Bonchev–Trinajstić information content (AvgIpc) is 2.99. The van der Waals surface area contributed by atoms with E-state index in [1.807, 2.05) is 48.7 Å². The van der Waals surface area contributed by atoms with Gasteiger partial charge in [-0.2, -0.15) is 0 Å². The Balaban J connectivity index is 2.12. The number of hydrogen-bond acceptors (Lipinski definition) is 4. The number of nitrogens with zero attached hydrogens (tertiary/aromatic N) is 3. The molecule has 0 radical (unpaired) electrons. The van der Waals surface area contributed by atoms with Crippen molar-refractivity contribution in [1.82, 2.24) is 14.8 Å². The van der Waals surface area contributed by atoms with Crippen molar-refractivity contribution in [3.8, 4) is 22.8 Å². The molecule has 3 aromatic rings. The van der Waals surface area contributed by atoms with Crippen LogP contribution in [0.2, 0.25) is 0 Å². The molecule has 4 nitrogen and oxygen atoms in total. The highest BCUT2D eigenvalue weighted by atomic mass is 32.2. The lowest BCUT2D eigenvalue weighted by Crippen LogP contribution is -1.99. The van der Waals surface area contributed by atoms with Crippen molar-refractivity contribution in [1.29, 1.82) is 0 Å². The van der Waals surface area contributed by atoms with Gasteiger partial charge >= 0.3 is 0 Å². The Morgan fingerprint density at radius 3 is 2.29 bits per heavy atom. The maximum absolute atomic E-state index is 5.20. The first-order valence-corrected chi connectivity index (χ1v) is 7.75. The molecule has 1 aromatic heterocycles. The van der Waals surface area contributed by atoms with Crippen LogP contribution in [0, 0.1) is 0 Å². The Hall–Kier alpha value is -2.27. The first kappa shape index (κ1) is 13.7. The van der Waals surface area contributed by atoms with Crippen LogP contribution in [0.25, 0.3) is 17.1 Å². The molecule has 3 rings (SSSR count). The molecule has 0 amide bonds. The van der Waals surface area contributed by atoms with Crippen LogP contribution in [0.3, 0.4) is 0 Å². The minimum Gasteiger partial charge on any atom is -0.497 e. The predicted molar refractivity (Wildman–Crippen MR) is 85.1 cm³/mol. The Bertz CT molecular complexity index is 723. The molecule has 0 saturated heterocycles. The molecule has 21 heavy (non-hydrogen) atoms. The van der Waals surface area contributed by atoms with Crippen LogP contribution in [0.1, 0.15) is 0 Å². The summed E-state index contributed by atoms with van der Waals surface area (Å²) in [7, 11) is 1.66. The van der Waals surface area contributed by atoms with Crippen LogP contribution >= 0.6 is 11.8 Å². The number of para-hydroxylation sites is 1. The molecule has 0 unspecified atom stereocenters. The molecule has 106 valence electrons. The molecule has 0 spiro atoms. The molecule has 1 heterocycles. The summed E-state index contributed by atoms with van der Waals surface area (Å²) < 4.78 is 7.26. The topological polar surface area (TPSA) is 39.9 Å². The van der Waals surface area contributed by atoms with E-state index in [0.717, 1.165) is 28.0 Å². The van der Waals surface area contributed by atoms with E-state index in [9.17, 15) is 0 Å². The second-order valence-electron chi connectivity index (χ2n) is 4.41. The summed E-state index contributed by atoms with van der Waals surface area (Å²) >= 11 is 1.58. The lowest BCUT2D eigenvalue weighted by Gasteiger charge is -2.09. The zero-order chi connectivity index (χ0) is 14.7. The quantitative estimate of drug-likeness (QED) is 0.689. The van der Waals surface area contributed by atoms with E-state index in [0.29, 0.717) is 0 Å². The Kier molecular flexibility index (Phi) is 3.92. The van der Waals surface area contributed by atoms with Crippen molar-refractivity contribution in [2.45, 2.75) is 5.16 Å². The smallest absolute Gasteiger partial charge is 0.195 e. The largest absolute Gasteiger partial charge is 0.497 e. The summed E-state index contributed by atoms with van der Waals surface area (Å²) in [5.41, 5.74) is 2.06. The Morgan fingerprint density at radius 2 is 1.67 bits per heavy atom. The molecule has 0 atom stereocenters. The lowest BCUT2D eigenvalue weighted by atomic mass is 10.2. The van der Waals surface area contributed by atoms with E-state index in [4.69, 9.17) is 4.74 Å². The highest BCUT2D eigenvalue weighted by Crippen LogP contribution is 2.27. The number of benzene rings is 2. The van der Waals surface area contributed by atoms with Crippen LogP contribution in [0.15, 0.2) is 59.8 Å². The van der Waals surface area contributed by atoms with Gasteiger partial charge in [-0.3, -0.25) is 4.57 Å². The van der Waals surface area contributed by atoms with Gasteiger partial charge < -0.3 is 4.74 Å². The van der Waals surface area contributed by atoms with Gasteiger partial charge in [0, 0.05) is 11.3 Å². The molecular weight excluding hydrogens is 282 g/mol. The summed E-state index contributed by atoms with van der Waals surface area (Å²) in [5.74, 6) is 1.66. The maximum Gasteiger partial charge on any atom is 0.195 e. The second-order valence-corrected chi connectivity index (χ2v) is 5.18. The van der Waals surface area contributed by atoms with Crippen molar-refractivity contribution in [2.75, 3.05) is 13.4 Å². The van der Waals surface area contributed by atoms with Gasteiger partial charge in [-0.1, -0.05) is 30.0 Å². The third-order valence-corrected chi connectivity index (χ3v) is 3.81. The monoisotopic (exact) mass is 297 g/mol. The number of rotatable bonds is 4. The van der Waals surface area contributed by atoms with E-state index in [2.05, 4.69) is 26.9 Å². The SMILES string of the molecule is COc1ccc(-c2nnc(SC)n2-c2ccccc2)cc1. The van der Waals surface area contributed by atoms with Crippen molar-refractivity contribution >= 4 is 11.8 Å². The summed E-state index contributed by atoms with van der Waals surface area (Å²) in [4.78, 5) is 0. The zero-order valence-electron chi connectivity index (χ0n) is 11.9. The van der Waals surface area contributed by atoms with Crippen LogP contribution < -0.4 is 4.74 Å². The van der Waals surface area contributed by atoms with Crippen LogP contribution in [0.4, 0.5) is 0 Å². The Morgan fingerprint density at radius 1 is 0.952 bits per heavy atom. The first-order valence-electron chi connectivity index (χ1n) is 6.52. The normalized spacial score (nSPS) is 10.6. The van der Waals surface area contributed by atoms with E-state index >= 15 is 0 Å². The molecule has 0 bridgehead atoms. The van der Waals surface area contributed by atoms with E-state index < -0.39 is 0 Å². The van der Waals surface area contributed by atoms with Gasteiger partial charge in [0.1, 0.15) is 5.75 Å². The third-order valence-electron chi connectivity index (χ3n) is 3.18. The Labute approximate surface area is 127 Å². The van der Waals surface area contributed by atoms with Gasteiger partial charge in [0.15, 0.2) is 11.0 Å². The fraction of sp³-hybridized carbons (Fsp3) is 0.125. The second kappa shape index (κ2) is 6.01. The fourth-order valence-electron chi connectivity index (χ4n) is 2.14. The first-order chi connectivity index (χ1) is 10.3. The highest BCUT2D eigenvalue weighted by molar-refractivity contribution is 7.98. The van der Waals surface area contributed by atoms with E-state index in [1.165, 1.54) is 0 Å². The van der Waals surface area contributed by atoms with Crippen molar-refractivity contribution in [3.63, 3.8) is 0 Å². The van der Waals surface area contributed by atoms with Crippen molar-refractivity contribution in [3.05, 3.63) is 54.6 Å². The molecule has 0 aliphatic carbocycles. The van der Waals surface area contributed by atoms with Gasteiger partial charge in [-0.25, -0.2) is 0 Å². The summed E-state index contributed by atoms with van der Waals surface area (Å²) in [6.07, 6.45) is 2.00. The van der Waals surface area contributed by atoms with Crippen LogP contribution in [-0.2, 0) is 0 Å². The van der Waals surface area contributed by atoms with Crippen LogP contribution in [0.5, 0.6) is 5.75 Å². The molecule has 0 saturated carbocycles. The van der Waals surface area contributed by atoms with E-state index in [-0.39, 0.29) is 0 Å². The molecule has 0 aliphatic heterocycles.